The molecule has 2 atom stereocenters. The number of fused-ring (bicyclic) bond motifs is 1. The van der Waals surface area contributed by atoms with Crippen molar-refractivity contribution in [3.63, 3.8) is 0 Å². The second-order valence-electron chi connectivity index (χ2n) is 5.60. The molecule has 0 bridgehead atoms. The predicted molar refractivity (Wildman–Crippen MR) is 80.6 cm³/mol. The Morgan fingerprint density at radius 3 is 3.00 bits per heavy atom. The average molecular weight is 259 g/mol. The highest BCUT2D eigenvalue weighted by molar-refractivity contribution is 5.35. The Kier molecular flexibility index (Phi) is 5.03. The van der Waals surface area contributed by atoms with Crippen LogP contribution in [0.4, 0.5) is 0 Å². The summed E-state index contributed by atoms with van der Waals surface area (Å²) in [6.45, 7) is 10.3. The lowest BCUT2D eigenvalue weighted by molar-refractivity contribution is 0.183. The van der Waals surface area contributed by atoms with Gasteiger partial charge in [-0.15, -0.1) is 6.58 Å². The van der Waals surface area contributed by atoms with E-state index >= 15 is 0 Å². The maximum Gasteiger partial charge on any atom is 0.122 e. The van der Waals surface area contributed by atoms with Gasteiger partial charge in [0.15, 0.2) is 0 Å². The minimum absolute atomic E-state index is 0.478. The number of benzene rings is 1. The van der Waals surface area contributed by atoms with Crippen molar-refractivity contribution in [1.82, 2.24) is 5.32 Å². The van der Waals surface area contributed by atoms with Gasteiger partial charge < -0.3 is 10.1 Å². The van der Waals surface area contributed by atoms with Crippen LogP contribution in [0.1, 0.15) is 32.3 Å². The van der Waals surface area contributed by atoms with Gasteiger partial charge in [0.2, 0.25) is 0 Å². The highest BCUT2D eigenvalue weighted by atomic mass is 16.5. The summed E-state index contributed by atoms with van der Waals surface area (Å²) in [4.78, 5) is 0. The van der Waals surface area contributed by atoms with Crippen molar-refractivity contribution in [1.29, 1.82) is 0 Å². The van der Waals surface area contributed by atoms with Gasteiger partial charge in [-0.3, -0.25) is 0 Å². The van der Waals surface area contributed by atoms with Gasteiger partial charge in [-0.1, -0.05) is 30.7 Å². The number of nitrogens with one attached hydrogen (secondary N) is 1. The molecule has 2 nitrogen and oxygen atoms in total. The Balaban J connectivity index is 2.04. The van der Waals surface area contributed by atoms with Gasteiger partial charge in [-0.25, -0.2) is 0 Å². The zero-order valence-electron chi connectivity index (χ0n) is 12.1. The molecule has 0 saturated carbocycles. The molecule has 0 aliphatic carbocycles. The summed E-state index contributed by atoms with van der Waals surface area (Å²) in [5.74, 6) is 1.60. The minimum atomic E-state index is 0.478. The monoisotopic (exact) mass is 259 g/mol. The molecule has 0 radical (unpaired) electrons. The molecule has 104 valence electrons. The molecule has 1 aliphatic heterocycles. The van der Waals surface area contributed by atoms with Gasteiger partial charge in [0.25, 0.3) is 0 Å². The Labute approximate surface area is 116 Å². The lowest BCUT2D eigenvalue weighted by Crippen LogP contribution is -2.42. The van der Waals surface area contributed by atoms with Crippen LogP contribution in [-0.4, -0.2) is 19.2 Å². The summed E-state index contributed by atoms with van der Waals surface area (Å²) >= 11 is 0. The molecule has 1 N–H and O–H groups in total. The first-order valence-corrected chi connectivity index (χ1v) is 7.29. The van der Waals surface area contributed by atoms with Gasteiger partial charge in [0.1, 0.15) is 5.75 Å². The van der Waals surface area contributed by atoms with E-state index in [9.17, 15) is 0 Å². The molecule has 0 aromatic heterocycles. The van der Waals surface area contributed by atoms with Gasteiger partial charge >= 0.3 is 0 Å². The fraction of sp³-hybridized carbons (Fsp3) is 0.529. The van der Waals surface area contributed by atoms with E-state index in [2.05, 4.69) is 43.9 Å². The molecule has 0 fully saturated rings. The second kappa shape index (κ2) is 6.76. The number of hydrogen-bond donors (Lipinski definition) is 1. The Morgan fingerprint density at radius 2 is 2.26 bits per heavy atom. The topological polar surface area (TPSA) is 21.3 Å². The van der Waals surface area contributed by atoms with Gasteiger partial charge in [-0.2, -0.15) is 0 Å². The predicted octanol–water partition coefficient (Wildman–Crippen LogP) is 3.57. The van der Waals surface area contributed by atoms with Crippen LogP contribution in [0.15, 0.2) is 36.4 Å². The van der Waals surface area contributed by atoms with Crippen molar-refractivity contribution in [2.45, 2.75) is 39.2 Å². The SMILES string of the molecule is C=C(C)CC(NCCC)C1COc2ccccc2C1. The number of para-hydroxylation sites is 1. The normalized spacial score (nSPS) is 19.4. The molecule has 2 rings (SSSR count). The van der Waals surface area contributed by atoms with Crippen LogP contribution in [0.2, 0.25) is 0 Å². The van der Waals surface area contributed by atoms with Crippen LogP contribution in [0.5, 0.6) is 5.75 Å². The Morgan fingerprint density at radius 1 is 1.47 bits per heavy atom. The van der Waals surface area contributed by atoms with E-state index in [1.165, 1.54) is 11.1 Å². The molecule has 0 amide bonds. The lowest BCUT2D eigenvalue weighted by Gasteiger charge is -2.32. The summed E-state index contributed by atoms with van der Waals surface area (Å²) in [5, 5.41) is 3.66. The molecular formula is C17H25NO. The Bertz CT molecular complexity index is 427. The fourth-order valence-corrected chi connectivity index (χ4v) is 2.72. The maximum absolute atomic E-state index is 5.91. The van der Waals surface area contributed by atoms with Crippen LogP contribution in [-0.2, 0) is 6.42 Å². The van der Waals surface area contributed by atoms with Crippen molar-refractivity contribution in [2.24, 2.45) is 5.92 Å². The first-order valence-electron chi connectivity index (χ1n) is 7.29. The van der Waals surface area contributed by atoms with Crippen LogP contribution >= 0.6 is 0 Å². The first kappa shape index (κ1) is 14.1. The third-order valence-corrected chi connectivity index (χ3v) is 3.70. The van der Waals surface area contributed by atoms with Crippen molar-refractivity contribution in [3.05, 3.63) is 42.0 Å². The second-order valence-corrected chi connectivity index (χ2v) is 5.60. The Hall–Kier alpha value is -1.28. The molecule has 2 unspecified atom stereocenters. The summed E-state index contributed by atoms with van der Waals surface area (Å²) < 4.78 is 5.91. The van der Waals surface area contributed by atoms with Gasteiger partial charge in [0, 0.05) is 12.0 Å². The zero-order chi connectivity index (χ0) is 13.7. The largest absolute Gasteiger partial charge is 0.493 e. The van der Waals surface area contributed by atoms with E-state index in [4.69, 9.17) is 4.74 Å². The van der Waals surface area contributed by atoms with Crippen LogP contribution in [0, 0.1) is 5.92 Å². The number of rotatable bonds is 6. The molecule has 0 saturated heterocycles. The summed E-state index contributed by atoms with van der Waals surface area (Å²) in [7, 11) is 0. The van der Waals surface area contributed by atoms with Crippen LogP contribution in [0.25, 0.3) is 0 Å². The lowest BCUT2D eigenvalue weighted by atomic mass is 9.87. The molecule has 1 aliphatic rings. The van der Waals surface area contributed by atoms with E-state index in [-0.39, 0.29) is 0 Å². The highest BCUT2D eigenvalue weighted by Gasteiger charge is 2.26. The van der Waals surface area contributed by atoms with Crippen molar-refractivity contribution < 1.29 is 4.74 Å². The van der Waals surface area contributed by atoms with Crippen molar-refractivity contribution >= 4 is 0 Å². The minimum Gasteiger partial charge on any atom is -0.493 e. The third-order valence-electron chi connectivity index (χ3n) is 3.70. The molecule has 2 heteroatoms. The van der Waals surface area contributed by atoms with Crippen molar-refractivity contribution in [2.75, 3.05) is 13.2 Å². The third kappa shape index (κ3) is 3.84. The van der Waals surface area contributed by atoms with E-state index in [0.717, 1.165) is 38.2 Å². The smallest absolute Gasteiger partial charge is 0.122 e. The quantitative estimate of drug-likeness (QED) is 0.789. The van der Waals surface area contributed by atoms with E-state index < -0.39 is 0 Å². The first-order chi connectivity index (χ1) is 9.20. The molecular weight excluding hydrogens is 234 g/mol. The van der Waals surface area contributed by atoms with Gasteiger partial charge in [-0.05, 0) is 44.4 Å². The van der Waals surface area contributed by atoms with Crippen LogP contribution in [0.3, 0.4) is 0 Å². The number of hydrogen-bond acceptors (Lipinski definition) is 2. The summed E-state index contributed by atoms with van der Waals surface area (Å²) in [6, 6.07) is 8.86. The van der Waals surface area contributed by atoms with Crippen LogP contribution < -0.4 is 10.1 Å². The highest BCUT2D eigenvalue weighted by Crippen LogP contribution is 2.29. The summed E-state index contributed by atoms with van der Waals surface area (Å²) in [5.41, 5.74) is 2.58. The zero-order valence-corrected chi connectivity index (χ0v) is 12.1. The van der Waals surface area contributed by atoms with E-state index in [1.54, 1.807) is 0 Å². The van der Waals surface area contributed by atoms with E-state index in [1.807, 2.05) is 6.07 Å². The average Bonchev–Trinajstić information content (AvgIpc) is 2.42. The fourth-order valence-electron chi connectivity index (χ4n) is 2.72. The van der Waals surface area contributed by atoms with Crippen molar-refractivity contribution in [3.8, 4) is 5.75 Å². The summed E-state index contributed by atoms with van der Waals surface area (Å²) in [6.07, 6.45) is 3.30. The molecule has 1 aromatic rings. The maximum atomic E-state index is 5.91. The standard InChI is InChI=1S/C17H25NO/c1-4-9-18-16(10-13(2)3)15-11-14-7-5-6-8-17(14)19-12-15/h5-8,15-16,18H,2,4,9-12H2,1,3H3. The number of ether oxygens (including phenoxy) is 1. The molecule has 0 spiro atoms. The molecule has 1 heterocycles. The molecule has 1 aromatic carbocycles. The molecule has 19 heavy (non-hydrogen) atoms. The van der Waals surface area contributed by atoms with Gasteiger partial charge in [0.05, 0.1) is 6.61 Å². The van der Waals surface area contributed by atoms with E-state index in [0.29, 0.717) is 12.0 Å².